The highest BCUT2D eigenvalue weighted by Crippen LogP contribution is 2.34. The molecule has 1 saturated carbocycles. The van der Waals surface area contributed by atoms with Crippen LogP contribution in [0.4, 0.5) is 0 Å². The van der Waals surface area contributed by atoms with E-state index in [-0.39, 0.29) is 24.0 Å². The van der Waals surface area contributed by atoms with Crippen molar-refractivity contribution in [3.05, 3.63) is 12.2 Å². The molecule has 1 aromatic rings. The van der Waals surface area contributed by atoms with Crippen LogP contribution < -0.4 is 10.6 Å². The van der Waals surface area contributed by atoms with Gasteiger partial charge in [-0.3, -0.25) is 4.68 Å². The van der Waals surface area contributed by atoms with Gasteiger partial charge in [0.1, 0.15) is 18.7 Å². The molecule has 1 fully saturated rings. The summed E-state index contributed by atoms with van der Waals surface area (Å²) in [5.41, 5.74) is 0. The van der Waals surface area contributed by atoms with Gasteiger partial charge in [-0.15, -0.1) is 24.0 Å². The number of aryl methyl sites for hydroxylation is 1. The predicted molar refractivity (Wildman–Crippen MR) is 91.2 cm³/mol. The van der Waals surface area contributed by atoms with Crippen molar-refractivity contribution in [3.63, 3.8) is 0 Å². The fraction of sp³-hybridized carbons (Fsp3) is 0.769. The number of hydrogen-bond donors (Lipinski definition) is 2. The third-order valence-corrected chi connectivity index (χ3v) is 3.43. The number of aromatic nitrogens is 3. The lowest BCUT2D eigenvalue weighted by Crippen LogP contribution is -2.39. The topological polar surface area (TPSA) is 67.1 Å². The van der Waals surface area contributed by atoms with E-state index >= 15 is 0 Å². The first-order valence-electron chi connectivity index (χ1n) is 7.12. The SMILES string of the molecule is CCCC1CC1NC(=NCc1ncnn1C)NCC.I. The van der Waals surface area contributed by atoms with Crippen LogP contribution in [-0.2, 0) is 13.6 Å². The number of guanidine groups is 1. The van der Waals surface area contributed by atoms with E-state index in [1.165, 1.54) is 19.3 Å². The minimum atomic E-state index is 0. The van der Waals surface area contributed by atoms with Crippen molar-refractivity contribution in [1.82, 2.24) is 25.4 Å². The summed E-state index contributed by atoms with van der Waals surface area (Å²) in [5.74, 6) is 2.58. The van der Waals surface area contributed by atoms with Gasteiger partial charge >= 0.3 is 0 Å². The summed E-state index contributed by atoms with van der Waals surface area (Å²) in [6, 6.07) is 0.595. The molecule has 2 N–H and O–H groups in total. The Morgan fingerprint density at radius 3 is 2.90 bits per heavy atom. The maximum atomic E-state index is 4.56. The Morgan fingerprint density at radius 2 is 2.30 bits per heavy atom. The monoisotopic (exact) mass is 392 g/mol. The molecule has 0 aromatic carbocycles. The van der Waals surface area contributed by atoms with Crippen molar-refractivity contribution in [3.8, 4) is 0 Å². The average molecular weight is 392 g/mol. The van der Waals surface area contributed by atoms with Crippen LogP contribution in [0.3, 0.4) is 0 Å². The molecular formula is C13H25IN6. The largest absolute Gasteiger partial charge is 0.357 e. The van der Waals surface area contributed by atoms with Crippen molar-refractivity contribution in [2.45, 2.75) is 45.7 Å². The summed E-state index contributed by atoms with van der Waals surface area (Å²) in [4.78, 5) is 8.74. The van der Waals surface area contributed by atoms with Gasteiger partial charge in [-0.1, -0.05) is 13.3 Å². The Hall–Kier alpha value is -0.860. The Balaban J connectivity index is 0.00000200. The van der Waals surface area contributed by atoms with E-state index in [1.54, 1.807) is 11.0 Å². The molecule has 0 bridgehead atoms. The second-order valence-electron chi connectivity index (χ2n) is 5.03. The third kappa shape index (κ3) is 4.92. The summed E-state index contributed by atoms with van der Waals surface area (Å²) in [6.45, 7) is 5.74. The van der Waals surface area contributed by atoms with E-state index in [0.717, 1.165) is 24.2 Å². The minimum Gasteiger partial charge on any atom is -0.357 e. The van der Waals surface area contributed by atoms with Crippen molar-refractivity contribution >= 4 is 29.9 Å². The van der Waals surface area contributed by atoms with Crippen molar-refractivity contribution in [2.24, 2.45) is 18.0 Å². The molecule has 0 spiro atoms. The first-order valence-corrected chi connectivity index (χ1v) is 7.12. The number of rotatable bonds is 6. The van der Waals surface area contributed by atoms with Gasteiger partial charge in [0.15, 0.2) is 5.96 Å². The Kier molecular flexibility index (Phi) is 7.25. The zero-order valence-corrected chi connectivity index (χ0v) is 14.8. The maximum absolute atomic E-state index is 4.56. The first kappa shape index (κ1) is 17.2. The second kappa shape index (κ2) is 8.43. The van der Waals surface area contributed by atoms with Crippen LogP contribution in [-0.4, -0.2) is 33.3 Å². The Bertz CT molecular complexity index is 430. The summed E-state index contributed by atoms with van der Waals surface area (Å²) < 4.78 is 1.75. The van der Waals surface area contributed by atoms with E-state index in [0.29, 0.717) is 12.6 Å². The van der Waals surface area contributed by atoms with Crippen LogP contribution in [0.25, 0.3) is 0 Å². The van der Waals surface area contributed by atoms with Gasteiger partial charge in [-0.2, -0.15) is 5.10 Å². The number of aliphatic imine (C=N–C) groups is 1. The summed E-state index contributed by atoms with van der Waals surface area (Å²) in [6.07, 6.45) is 5.39. The first-order chi connectivity index (χ1) is 9.24. The minimum absolute atomic E-state index is 0. The zero-order chi connectivity index (χ0) is 13.7. The lowest BCUT2D eigenvalue weighted by Gasteiger charge is -2.10. The molecule has 0 radical (unpaired) electrons. The van der Waals surface area contributed by atoms with Crippen molar-refractivity contribution in [1.29, 1.82) is 0 Å². The van der Waals surface area contributed by atoms with Crippen LogP contribution in [0.2, 0.25) is 0 Å². The molecule has 7 heteroatoms. The van der Waals surface area contributed by atoms with E-state index in [4.69, 9.17) is 0 Å². The highest BCUT2D eigenvalue weighted by atomic mass is 127. The molecular weight excluding hydrogens is 367 g/mol. The maximum Gasteiger partial charge on any atom is 0.191 e. The Morgan fingerprint density at radius 1 is 1.50 bits per heavy atom. The predicted octanol–water partition coefficient (Wildman–Crippen LogP) is 1.68. The normalized spacial score (nSPS) is 21.2. The molecule has 0 saturated heterocycles. The molecule has 6 nitrogen and oxygen atoms in total. The summed E-state index contributed by atoms with van der Waals surface area (Å²) >= 11 is 0. The smallest absolute Gasteiger partial charge is 0.191 e. The Labute approximate surface area is 137 Å². The molecule has 0 amide bonds. The van der Waals surface area contributed by atoms with Gasteiger partial charge in [0, 0.05) is 19.6 Å². The lowest BCUT2D eigenvalue weighted by molar-refractivity contribution is 0.653. The zero-order valence-electron chi connectivity index (χ0n) is 12.5. The molecule has 1 heterocycles. The summed E-state index contributed by atoms with van der Waals surface area (Å²) in [5, 5.41) is 10.8. The highest BCUT2D eigenvalue weighted by molar-refractivity contribution is 14.0. The van der Waals surface area contributed by atoms with E-state index in [9.17, 15) is 0 Å². The van der Waals surface area contributed by atoms with Crippen LogP contribution in [0.1, 0.15) is 38.9 Å². The molecule has 20 heavy (non-hydrogen) atoms. The molecule has 1 aromatic heterocycles. The molecule has 2 unspecified atom stereocenters. The summed E-state index contributed by atoms with van der Waals surface area (Å²) in [7, 11) is 1.89. The van der Waals surface area contributed by atoms with Crippen molar-refractivity contribution in [2.75, 3.05) is 6.54 Å². The van der Waals surface area contributed by atoms with E-state index < -0.39 is 0 Å². The third-order valence-electron chi connectivity index (χ3n) is 3.43. The average Bonchev–Trinajstić information content (AvgIpc) is 2.97. The lowest BCUT2D eigenvalue weighted by atomic mass is 10.2. The van der Waals surface area contributed by atoms with Crippen LogP contribution in [0.15, 0.2) is 11.3 Å². The van der Waals surface area contributed by atoms with Gasteiger partial charge in [0.25, 0.3) is 0 Å². The van der Waals surface area contributed by atoms with Gasteiger partial charge in [-0.05, 0) is 25.7 Å². The van der Waals surface area contributed by atoms with Crippen LogP contribution >= 0.6 is 24.0 Å². The van der Waals surface area contributed by atoms with Crippen molar-refractivity contribution < 1.29 is 0 Å². The number of hydrogen-bond acceptors (Lipinski definition) is 3. The van der Waals surface area contributed by atoms with Gasteiger partial charge in [0.2, 0.25) is 0 Å². The molecule has 2 rings (SSSR count). The molecule has 114 valence electrons. The molecule has 0 aliphatic heterocycles. The number of nitrogens with one attached hydrogen (secondary N) is 2. The highest BCUT2D eigenvalue weighted by Gasteiger charge is 2.36. The molecule has 2 atom stereocenters. The standard InChI is InChI=1S/C13H24N6.HI/c1-4-6-10-7-11(10)18-13(14-5-2)15-8-12-16-9-17-19(12)3;/h9-11H,4-8H2,1-3H3,(H2,14,15,18);1H. The number of nitrogens with zero attached hydrogens (tertiary/aromatic N) is 4. The van der Waals surface area contributed by atoms with Gasteiger partial charge in [-0.25, -0.2) is 9.98 Å². The van der Waals surface area contributed by atoms with Gasteiger partial charge < -0.3 is 10.6 Å². The van der Waals surface area contributed by atoms with Gasteiger partial charge in [0.05, 0.1) is 0 Å². The molecule has 1 aliphatic rings. The van der Waals surface area contributed by atoms with Crippen LogP contribution in [0, 0.1) is 5.92 Å². The molecule has 1 aliphatic carbocycles. The van der Waals surface area contributed by atoms with E-state index in [2.05, 4.69) is 39.6 Å². The quantitative estimate of drug-likeness (QED) is 0.439. The fourth-order valence-electron chi connectivity index (χ4n) is 2.22. The number of halogens is 1. The van der Waals surface area contributed by atoms with E-state index in [1.807, 2.05) is 7.05 Å². The second-order valence-corrected chi connectivity index (χ2v) is 5.03. The fourth-order valence-corrected chi connectivity index (χ4v) is 2.22. The van der Waals surface area contributed by atoms with Crippen LogP contribution in [0.5, 0.6) is 0 Å².